The molecule has 1 aliphatic heterocycles. The highest BCUT2D eigenvalue weighted by Gasteiger charge is 2.18. The predicted molar refractivity (Wildman–Crippen MR) is 85.8 cm³/mol. The zero-order chi connectivity index (χ0) is 16.2. The number of piperidine rings is 1. The van der Waals surface area contributed by atoms with E-state index in [0.717, 1.165) is 25.9 Å². The van der Waals surface area contributed by atoms with Gasteiger partial charge in [-0.05, 0) is 58.4 Å². The maximum Gasteiger partial charge on any atom is 0.412 e. The largest absolute Gasteiger partial charge is 0.444 e. The monoisotopic (exact) mass is 309 g/mol. The van der Waals surface area contributed by atoms with E-state index in [9.17, 15) is 9.18 Å². The van der Waals surface area contributed by atoms with Crippen LogP contribution in [-0.4, -0.2) is 30.8 Å². The number of amides is 1. The van der Waals surface area contributed by atoms with Crippen LogP contribution in [0.5, 0.6) is 0 Å². The molecule has 22 heavy (non-hydrogen) atoms. The van der Waals surface area contributed by atoms with Gasteiger partial charge in [0, 0.05) is 18.3 Å². The van der Waals surface area contributed by atoms with E-state index < -0.39 is 11.7 Å². The molecule has 1 amide bonds. The van der Waals surface area contributed by atoms with Crippen molar-refractivity contribution in [2.45, 2.75) is 45.3 Å². The first kappa shape index (κ1) is 16.5. The second kappa shape index (κ2) is 6.96. The molecule has 0 radical (unpaired) electrons. The van der Waals surface area contributed by atoms with Crippen LogP contribution in [-0.2, 0) is 4.74 Å². The van der Waals surface area contributed by atoms with Crippen molar-refractivity contribution in [1.82, 2.24) is 5.32 Å². The maximum atomic E-state index is 13.9. The van der Waals surface area contributed by atoms with Crippen LogP contribution in [0.25, 0.3) is 0 Å². The lowest BCUT2D eigenvalue weighted by atomic mass is 10.1. The fraction of sp³-hybridized carbons (Fsp3) is 0.562. The summed E-state index contributed by atoms with van der Waals surface area (Å²) in [6.07, 6.45) is 1.51. The van der Waals surface area contributed by atoms with Gasteiger partial charge in [0.15, 0.2) is 0 Å². The molecule has 1 aromatic carbocycles. The van der Waals surface area contributed by atoms with Crippen LogP contribution in [0.4, 0.5) is 20.6 Å². The van der Waals surface area contributed by atoms with Crippen molar-refractivity contribution < 1.29 is 13.9 Å². The van der Waals surface area contributed by atoms with Crippen molar-refractivity contribution >= 4 is 17.5 Å². The van der Waals surface area contributed by atoms with Gasteiger partial charge in [0.2, 0.25) is 0 Å². The third-order valence-electron chi connectivity index (χ3n) is 3.27. The number of ether oxygens (including phenoxy) is 1. The molecule has 0 bridgehead atoms. The first-order valence-electron chi connectivity index (χ1n) is 7.60. The Balaban J connectivity index is 2.01. The van der Waals surface area contributed by atoms with Crippen LogP contribution >= 0.6 is 0 Å². The number of hydrogen-bond donors (Lipinski definition) is 3. The van der Waals surface area contributed by atoms with E-state index in [1.807, 2.05) is 0 Å². The maximum absolute atomic E-state index is 13.9. The molecule has 0 aromatic heterocycles. The Labute approximate surface area is 130 Å². The summed E-state index contributed by atoms with van der Waals surface area (Å²) in [6, 6.07) is 4.64. The van der Waals surface area contributed by atoms with E-state index in [1.54, 1.807) is 26.8 Å². The Morgan fingerprint density at radius 3 is 2.82 bits per heavy atom. The van der Waals surface area contributed by atoms with Crippen LogP contribution < -0.4 is 16.0 Å². The zero-order valence-corrected chi connectivity index (χ0v) is 13.3. The van der Waals surface area contributed by atoms with Crippen LogP contribution in [0.1, 0.15) is 33.6 Å². The topological polar surface area (TPSA) is 62.4 Å². The number of carbonyl (C=O) groups is 1. The molecule has 3 N–H and O–H groups in total. The minimum absolute atomic E-state index is 0.194. The third-order valence-corrected chi connectivity index (χ3v) is 3.27. The summed E-state index contributed by atoms with van der Waals surface area (Å²) < 4.78 is 19.1. The molecule has 5 nitrogen and oxygen atoms in total. The lowest BCUT2D eigenvalue weighted by Gasteiger charge is -2.25. The smallest absolute Gasteiger partial charge is 0.412 e. The number of carbonyl (C=O) groups excluding carboxylic acids is 1. The standard InChI is InChI=1S/C16H24FN3O2/c1-16(2,3)22-15(21)20-11-6-7-13(17)14(9-11)19-12-5-4-8-18-10-12/h6-7,9,12,18-19H,4-5,8,10H2,1-3H3,(H,20,21). The van der Waals surface area contributed by atoms with E-state index in [1.165, 1.54) is 12.1 Å². The molecule has 6 heteroatoms. The Morgan fingerprint density at radius 1 is 1.41 bits per heavy atom. The molecular formula is C16H24FN3O2. The molecule has 1 saturated heterocycles. The second-order valence-corrected chi connectivity index (χ2v) is 6.51. The van der Waals surface area contributed by atoms with Crippen molar-refractivity contribution in [3.05, 3.63) is 24.0 Å². The number of hydrogen-bond acceptors (Lipinski definition) is 4. The molecule has 1 fully saturated rings. The summed E-state index contributed by atoms with van der Waals surface area (Å²) in [6.45, 7) is 7.19. The van der Waals surface area contributed by atoms with Gasteiger partial charge in [-0.1, -0.05) is 0 Å². The minimum Gasteiger partial charge on any atom is -0.444 e. The quantitative estimate of drug-likeness (QED) is 0.801. The van der Waals surface area contributed by atoms with Gasteiger partial charge in [-0.3, -0.25) is 5.32 Å². The highest BCUT2D eigenvalue weighted by molar-refractivity contribution is 5.85. The number of benzene rings is 1. The second-order valence-electron chi connectivity index (χ2n) is 6.51. The fourth-order valence-corrected chi connectivity index (χ4v) is 2.33. The van der Waals surface area contributed by atoms with Gasteiger partial charge < -0.3 is 15.4 Å². The molecule has 2 rings (SSSR count). The molecule has 0 aliphatic carbocycles. The van der Waals surface area contributed by atoms with Crippen LogP contribution in [0, 0.1) is 5.82 Å². The summed E-state index contributed by atoms with van der Waals surface area (Å²) in [5, 5.41) is 9.07. The van der Waals surface area contributed by atoms with Gasteiger partial charge in [-0.25, -0.2) is 9.18 Å². The first-order valence-corrected chi connectivity index (χ1v) is 7.60. The van der Waals surface area contributed by atoms with Crippen molar-refractivity contribution in [2.24, 2.45) is 0 Å². The molecule has 0 saturated carbocycles. The number of anilines is 2. The van der Waals surface area contributed by atoms with Crippen molar-refractivity contribution in [1.29, 1.82) is 0 Å². The van der Waals surface area contributed by atoms with Gasteiger partial charge in [0.25, 0.3) is 0 Å². The summed E-state index contributed by atoms with van der Waals surface area (Å²) in [7, 11) is 0. The van der Waals surface area contributed by atoms with E-state index in [-0.39, 0.29) is 11.9 Å². The van der Waals surface area contributed by atoms with E-state index in [2.05, 4.69) is 16.0 Å². The summed E-state index contributed by atoms with van der Waals surface area (Å²) in [4.78, 5) is 11.8. The van der Waals surface area contributed by atoms with Crippen molar-refractivity contribution in [2.75, 3.05) is 23.7 Å². The predicted octanol–water partition coefficient (Wildman–Crippen LogP) is 3.34. The third kappa shape index (κ3) is 5.18. The molecule has 1 unspecified atom stereocenters. The Kier molecular flexibility index (Phi) is 5.24. The average Bonchev–Trinajstić information content (AvgIpc) is 2.41. The molecule has 1 aromatic rings. The van der Waals surface area contributed by atoms with Crippen LogP contribution in [0.15, 0.2) is 18.2 Å². The van der Waals surface area contributed by atoms with Gasteiger partial charge in [0.05, 0.1) is 5.69 Å². The Bertz CT molecular complexity index is 523. The fourth-order valence-electron chi connectivity index (χ4n) is 2.33. The minimum atomic E-state index is -0.570. The van der Waals surface area contributed by atoms with Crippen LogP contribution in [0.3, 0.4) is 0 Å². The molecule has 1 heterocycles. The molecule has 1 aliphatic rings. The Morgan fingerprint density at radius 2 is 2.18 bits per heavy atom. The Hall–Kier alpha value is -1.82. The summed E-state index contributed by atoms with van der Waals surface area (Å²) >= 11 is 0. The number of halogens is 1. The van der Waals surface area contributed by atoms with Crippen molar-refractivity contribution in [3.8, 4) is 0 Å². The van der Waals surface area contributed by atoms with Gasteiger partial charge in [-0.2, -0.15) is 0 Å². The van der Waals surface area contributed by atoms with Gasteiger partial charge in [-0.15, -0.1) is 0 Å². The van der Waals surface area contributed by atoms with Gasteiger partial charge in [0.1, 0.15) is 11.4 Å². The van der Waals surface area contributed by atoms with Crippen LogP contribution in [0.2, 0.25) is 0 Å². The molecule has 0 spiro atoms. The molecule has 122 valence electrons. The zero-order valence-electron chi connectivity index (χ0n) is 13.3. The highest BCUT2D eigenvalue weighted by Crippen LogP contribution is 2.22. The lowest BCUT2D eigenvalue weighted by Crippen LogP contribution is -2.38. The summed E-state index contributed by atoms with van der Waals surface area (Å²) in [5.41, 5.74) is 0.322. The number of nitrogens with one attached hydrogen (secondary N) is 3. The summed E-state index contributed by atoms with van der Waals surface area (Å²) in [5.74, 6) is -0.333. The molecular weight excluding hydrogens is 285 g/mol. The van der Waals surface area contributed by atoms with Crippen molar-refractivity contribution in [3.63, 3.8) is 0 Å². The molecule has 1 atom stereocenters. The SMILES string of the molecule is CC(C)(C)OC(=O)Nc1ccc(F)c(NC2CCCNC2)c1. The van der Waals surface area contributed by atoms with E-state index in [4.69, 9.17) is 4.74 Å². The van der Waals surface area contributed by atoms with E-state index in [0.29, 0.717) is 11.4 Å². The van der Waals surface area contributed by atoms with Gasteiger partial charge >= 0.3 is 6.09 Å². The normalized spacial score (nSPS) is 18.6. The lowest BCUT2D eigenvalue weighted by molar-refractivity contribution is 0.0636. The average molecular weight is 309 g/mol. The first-order chi connectivity index (χ1) is 10.3. The van der Waals surface area contributed by atoms with E-state index >= 15 is 0 Å². The highest BCUT2D eigenvalue weighted by atomic mass is 19.1. The number of rotatable bonds is 3.